The SMILES string of the molecule is CCCCCCCC(=O)N1CCC(N2CCC(C(=O)NCCC(C)C)CC2)CC1. The molecule has 2 saturated heterocycles. The molecular formula is C24H45N3O2. The summed E-state index contributed by atoms with van der Waals surface area (Å²) < 4.78 is 0. The van der Waals surface area contributed by atoms with Crippen molar-refractivity contribution in [2.75, 3.05) is 32.7 Å². The summed E-state index contributed by atoms with van der Waals surface area (Å²) in [5, 5.41) is 3.12. The second kappa shape index (κ2) is 13.3. The number of rotatable bonds is 11. The van der Waals surface area contributed by atoms with Crippen molar-refractivity contribution in [1.29, 1.82) is 0 Å². The van der Waals surface area contributed by atoms with E-state index in [2.05, 4.69) is 35.9 Å². The number of nitrogens with zero attached hydrogens (tertiary/aromatic N) is 2. The summed E-state index contributed by atoms with van der Waals surface area (Å²) in [4.78, 5) is 29.4. The molecule has 0 aromatic heterocycles. The molecule has 5 nitrogen and oxygen atoms in total. The Morgan fingerprint density at radius 3 is 2.21 bits per heavy atom. The predicted molar refractivity (Wildman–Crippen MR) is 120 cm³/mol. The highest BCUT2D eigenvalue weighted by Gasteiger charge is 2.31. The average Bonchev–Trinajstić information content (AvgIpc) is 2.73. The molecule has 168 valence electrons. The van der Waals surface area contributed by atoms with Crippen LogP contribution in [0.15, 0.2) is 0 Å². The van der Waals surface area contributed by atoms with Crippen LogP contribution in [-0.4, -0.2) is 60.4 Å². The maximum atomic E-state index is 12.4. The van der Waals surface area contributed by atoms with Gasteiger partial charge in [0.05, 0.1) is 0 Å². The fourth-order valence-electron chi connectivity index (χ4n) is 4.67. The summed E-state index contributed by atoms with van der Waals surface area (Å²) in [6, 6.07) is 0.591. The molecule has 1 N–H and O–H groups in total. The highest BCUT2D eigenvalue weighted by atomic mass is 16.2. The molecule has 0 aliphatic carbocycles. The van der Waals surface area contributed by atoms with Crippen molar-refractivity contribution >= 4 is 11.8 Å². The first kappa shape index (κ1) is 24.2. The number of carbonyl (C=O) groups is 2. The third kappa shape index (κ3) is 8.65. The van der Waals surface area contributed by atoms with Gasteiger partial charge in [-0.15, -0.1) is 0 Å². The van der Waals surface area contributed by atoms with E-state index in [9.17, 15) is 9.59 Å². The number of hydrogen-bond acceptors (Lipinski definition) is 3. The van der Waals surface area contributed by atoms with Gasteiger partial charge in [0.1, 0.15) is 0 Å². The molecule has 2 aliphatic heterocycles. The summed E-state index contributed by atoms with van der Waals surface area (Å²) in [6.07, 6.45) is 12.0. The minimum Gasteiger partial charge on any atom is -0.356 e. The summed E-state index contributed by atoms with van der Waals surface area (Å²) in [5.41, 5.74) is 0. The molecule has 0 aromatic rings. The maximum absolute atomic E-state index is 12.4. The number of hydrogen-bond donors (Lipinski definition) is 1. The number of amides is 2. The first-order valence-electron chi connectivity index (χ1n) is 12.3. The van der Waals surface area contributed by atoms with Crippen LogP contribution in [0.4, 0.5) is 0 Å². The third-order valence-corrected chi connectivity index (χ3v) is 6.75. The molecule has 0 spiro atoms. The minimum absolute atomic E-state index is 0.188. The van der Waals surface area contributed by atoms with Crippen LogP contribution in [0.3, 0.4) is 0 Å². The Morgan fingerprint density at radius 2 is 1.59 bits per heavy atom. The average molecular weight is 408 g/mol. The first-order chi connectivity index (χ1) is 14.0. The van der Waals surface area contributed by atoms with Gasteiger partial charge in [0.2, 0.25) is 11.8 Å². The van der Waals surface area contributed by atoms with E-state index in [0.29, 0.717) is 17.9 Å². The summed E-state index contributed by atoms with van der Waals surface area (Å²) in [5.74, 6) is 1.44. The smallest absolute Gasteiger partial charge is 0.223 e. The van der Waals surface area contributed by atoms with E-state index in [1.807, 2.05) is 0 Å². The Balaban J connectivity index is 1.60. The van der Waals surface area contributed by atoms with Gasteiger partial charge in [0.25, 0.3) is 0 Å². The van der Waals surface area contributed by atoms with Crippen LogP contribution in [0, 0.1) is 11.8 Å². The van der Waals surface area contributed by atoms with Crippen molar-refractivity contribution in [1.82, 2.24) is 15.1 Å². The van der Waals surface area contributed by atoms with Gasteiger partial charge in [-0.3, -0.25) is 9.59 Å². The lowest BCUT2D eigenvalue weighted by atomic mass is 9.92. The number of carbonyl (C=O) groups excluding carboxylic acids is 2. The monoisotopic (exact) mass is 407 g/mol. The van der Waals surface area contributed by atoms with Gasteiger partial charge >= 0.3 is 0 Å². The van der Waals surface area contributed by atoms with Crippen LogP contribution in [0.2, 0.25) is 0 Å². The van der Waals surface area contributed by atoms with E-state index in [1.165, 1.54) is 25.7 Å². The van der Waals surface area contributed by atoms with Crippen molar-refractivity contribution in [3.63, 3.8) is 0 Å². The molecule has 2 heterocycles. The van der Waals surface area contributed by atoms with Gasteiger partial charge in [0.15, 0.2) is 0 Å². The molecular weight excluding hydrogens is 362 g/mol. The molecule has 2 amide bonds. The summed E-state index contributed by atoms with van der Waals surface area (Å²) in [6.45, 7) is 11.3. The Hall–Kier alpha value is -1.10. The molecule has 0 radical (unpaired) electrons. The molecule has 2 fully saturated rings. The molecule has 5 heteroatoms. The van der Waals surface area contributed by atoms with Crippen LogP contribution in [0.25, 0.3) is 0 Å². The molecule has 2 aliphatic rings. The van der Waals surface area contributed by atoms with Crippen LogP contribution in [-0.2, 0) is 9.59 Å². The normalized spacial score (nSPS) is 19.7. The van der Waals surface area contributed by atoms with E-state index in [0.717, 1.165) is 77.7 Å². The standard InChI is InChI=1S/C24H45N3O2/c1-4-5-6-7-8-9-23(28)27-18-13-22(14-19-27)26-16-11-21(12-17-26)24(29)25-15-10-20(2)3/h20-22H,4-19H2,1-3H3,(H,25,29). The zero-order valence-electron chi connectivity index (χ0n) is 19.3. The van der Waals surface area contributed by atoms with E-state index in [1.54, 1.807) is 0 Å². The number of nitrogens with one attached hydrogen (secondary N) is 1. The highest BCUT2D eigenvalue weighted by Crippen LogP contribution is 2.24. The van der Waals surface area contributed by atoms with Crippen molar-refractivity contribution in [3.05, 3.63) is 0 Å². The molecule has 0 atom stereocenters. The zero-order valence-corrected chi connectivity index (χ0v) is 19.3. The first-order valence-corrected chi connectivity index (χ1v) is 12.3. The molecule has 29 heavy (non-hydrogen) atoms. The Bertz CT molecular complexity index is 479. The number of piperidine rings is 2. The predicted octanol–water partition coefficient (Wildman–Crippen LogP) is 4.21. The van der Waals surface area contributed by atoms with Crippen LogP contribution in [0.5, 0.6) is 0 Å². The quantitative estimate of drug-likeness (QED) is 0.522. The lowest BCUT2D eigenvalue weighted by Gasteiger charge is -2.41. The molecule has 0 saturated carbocycles. The lowest BCUT2D eigenvalue weighted by Crippen LogP contribution is -2.50. The summed E-state index contributed by atoms with van der Waals surface area (Å²) >= 11 is 0. The topological polar surface area (TPSA) is 52.7 Å². The number of unbranched alkanes of at least 4 members (excludes halogenated alkanes) is 4. The van der Waals surface area contributed by atoms with Crippen molar-refractivity contribution in [3.8, 4) is 0 Å². The largest absolute Gasteiger partial charge is 0.356 e. The number of likely N-dealkylation sites (tertiary alicyclic amines) is 2. The maximum Gasteiger partial charge on any atom is 0.223 e. The second-order valence-corrected chi connectivity index (χ2v) is 9.56. The van der Waals surface area contributed by atoms with Gasteiger partial charge in [0, 0.05) is 38.0 Å². The Labute approximate surface area is 179 Å². The van der Waals surface area contributed by atoms with Crippen molar-refractivity contribution in [2.24, 2.45) is 11.8 Å². The van der Waals surface area contributed by atoms with E-state index >= 15 is 0 Å². The van der Waals surface area contributed by atoms with Gasteiger partial charge in [-0.1, -0.05) is 46.5 Å². The van der Waals surface area contributed by atoms with E-state index in [-0.39, 0.29) is 11.8 Å². The Kier molecular flexibility index (Phi) is 11.0. The zero-order chi connectivity index (χ0) is 21.1. The van der Waals surface area contributed by atoms with Crippen molar-refractivity contribution in [2.45, 2.75) is 97.4 Å². The fraction of sp³-hybridized carbons (Fsp3) is 0.917. The molecule has 0 unspecified atom stereocenters. The summed E-state index contributed by atoms with van der Waals surface area (Å²) in [7, 11) is 0. The molecule has 2 rings (SSSR count). The third-order valence-electron chi connectivity index (χ3n) is 6.75. The van der Waals surface area contributed by atoms with Crippen LogP contribution >= 0.6 is 0 Å². The lowest BCUT2D eigenvalue weighted by molar-refractivity contribution is -0.133. The minimum atomic E-state index is 0.188. The Morgan fingerprint density at radius 1 is 0.931 bits per heavy atom. The van der Waals surface area contributed by atoms with Crippen molar-refractivity contribution < 1.29 is 9.59 Å². The molecule has 0 aromatic carbocycles. The van der Waals surface area contributed by atoms with Gasteiger partial charge in [-0.25, -0.2) is 0 Å². The molecule has 0 bridgehead atoms. The van der Waals surface area contributed by atoms with Crippen LogP contribution < -0.4 is 5.32 Å². The highest BCUT2D eigenvalue weighted by molar-refractivity contribution is 5.78. The van der Waals surface area contributed by atoms with Gasteiger partial charge < -0.3 is 15.1 Å². The van der Waals surface area contributed by atoms with E-state index < -0.39 is 0 Å². The second-order valence-electron chi connectivity index (χ2n) is 9.56. The van der Waals surface area contributed by atoms with Gasteiger partial charge in [-0.2, -0.15) is 0 Å². The fourth-order valence-corrected chi connectivity index (χ4v) is 4.67. The van der Waals surface area contributed by atoms with Gasteiger partial charge in [-0.05, 0) is 57.5 Å². The van der Waals surface area contributed by atoms with E-state index in [4.69, 9.17) is 0 Å². The van der Waals surface area contributed by atoms with Crippen LogP contribution in [0.1, 0.15) is 91.4 Å².